The van der Waals surface area contributed by atoms with Crippen LogP contribution in [0.4, 0.5) is 0 Å². The summed E-state index contributed by atoms with van der Waals surface area (Å²) in [4.78, 5) is 0. The van der Waals surface area contributed by atoms with E-state index in [0.29, 0.717) is 32.1 Å². The molecule has 9 aliphatic rings. The SMILES string of the molecule is CC1(C)OC(C)(C2C(O)CC3(C)C4CC(OC5OC(CO)C(O)C(O)C5O)C5C(C)(C)C(OC6OCC(O)C(O)C6O)CCC56CC46CCC23C)CCC1OC1OC(CO)C(O)C(O)C1O. The van der Waals surface area contributed by atoms with Gasteiger partial charge in [-0.3, -0.25) is 0 Å². The summed E-state index contributed by atoms with van der Waals surface area (Å²) in [5.41, 5.74) is -3.84. The molecule has 380 valence electrons. The van der Waals surface area contributed by atoms with Crippen molar-refractivity contribution in [3.63, 3.8) is 0 Å². The third kappa shape index (κ3) is 7.22. The Kier molecular flexibility index (Phi) is 12.9. The lowest BCUT2D eigenvalue weighted by Crippen LogP contribution is -2.66. The minimum Gasteiger partial charge on any atom is -0.394 e. The van der Waals surface area contributed by atoms with Gasteiger partial charge in [0.2, 0.25) is 0 Å². The lowest BCUT2D eigenvalue weighted by atomic mass is 9.41. The Morgan fingerprint density at radius 1 is 0.530 bits per heavy atom. The lowest BCUT2D eigenvalue weighted by Gasteiger charge is -2.66. The summed E-state index contributed by atoms with van der Waals surface area (Å²) in [6, 6.07) is 0. The van der Waals surface area contributed by atoms with Crippen molar-refractivity contribution < 1.29 is 94.4 Å². The average Bonchev–Trinajstić information content (AvgIpc) is 3.85. The van der Waals surface area contributed by atoms with Crippen molar-refractivity contribution in [2.24, 2.45) is 44.8 Å². The summed E-state index contributed by atoms with van der Waals surface area (Å²) in [5.74, 6) is -0.543. The first-order valence-electron chi connectivity index (χ1n) is 24.4. The van der Waals surface area contributed by atoms with E-state index < -0.39 is 151 Å². The molecule has 19 nitrogen and oxygen atoms in total. The van der Waals surface area contributed by atoms with Crippen LogP contribution in [0.5, 0.6) is 0 Å². The van der Waals surface area contributed by atoms with Gasteiger partial charge in [-0.05, 0) is 117 Å². The van der Waals surface area contributed by atoms with E-state index in [1.54, 1.807) is 0 Å². The minimum atomic E-state index is -1.65. The van der Waals surface area contributed by atoms with E-state index in [1.807, 2.05) is 13.8 Å². The molecule has 5 saturated carbocycles. The second-order valence-electron chi connectivity index (χ2n) is 23.8. The topological polar surface area (TPSA) is 307 Å². The monoisotopic (exact) mass is 947 g/mol. The van der Waals surface area contributed by atoms with Gasteiger partial charge in [-0.25, -0.2) is 0 Å². The summed E-state index contributed by atoms with van der Waals surface area (Å²) >= 11 is 0. The smallest absolute Gasteiger partial charge is 0.187 e. The van der Waals surface area contributed by atoms with Crippen LogP contribution < -0.4 is 0 Å². The first kappa shape index (κ1) is 50.2. The third-order valence-corrected chi connectivity index (χ3v) is 19.8. The molecule has 4 saturated heterocycles. The Morgan fingerprint density at radius 3 is 1.68 bits per heavy atom. The lowest BCUT2D eigenvalue weighted by molar-refractivity contribution is -0.345. The molecule has 66 heavy (non-hydrogen) atoms. The molecule has 26 unspecified atom stereocenters. The van der Waals surface area contributed by atoms with E-state index >= 15 is 0 Å². The number of rotatable bonds is 9. The highest BCUT2D eigenvalue weighted by Crippen LogP contribution is 2.89. The molecule has 0 aromatic carbocycles. The third-order valence-electron chi connectivity index (χ3n) is 19.8. The molecule has 5 aliphatic carbocycles. The zero-order chi connectivity index (χ0) is 48.1. The van der Waals surface area contributed by atoms with E-state index in [2.05, 4.69) is 34.6 Å². The van der Waals surface area contributed by atoms with Crippen molar-refractivity contribution in [3.8, 4) is 0 Å². The number of fused-ring (bicyclic) bond motifs is 2. The number of hydrogen-bond donors (Lipinski definition) is 12. The van der Waals surface area contributed by atoms with Crippen LogP contribution in [0.15, 0.2) is 0 Å². The Labute approximate surface area is 386 Å². The van der Waals surface area contributed by atoms with Crippen LogP contribution in [0, 0.1) is 44.8 Å². The standard InChI is InChI=1S/C47H78O19/c1-41(2)26(64-38-33(57)28(52)21(51)18-60-38)9-11-47-19-46(47)13-12-43(5)36(45(7)10-8-27(42(3,4)66-45)65-40-35(59)32(56)30(54)24(17-49)63-40)20(50)15-44(43,6)25(46)14-22(37(41)47)61-39-34(58)31(55)29(53)23(16-48)62-39/h20-40,48-59H,8-19H2,1-7H3. The second kappa shape index (κ2) is 16.9. The molecule has 0 aromatic heterocycles. The van der Waals surface area contributed by atoms with Crippen LogP contribution in [0.3, 0.4) is 0 Å². The van der Waals surface area contributed by atoms with Gasteiger partial charge in [0.05, 0.1) is 55.4 Å². The fraction of sp³-hybridized carbons (Fsp3) is 1.00. The van der Waals surface area contributed by atoms with Crippen LogP contribution in [-0.4, -0.2) is 203 Å². The Morgan fingerprint density at radius 2 is 1.09 bits per heavy atom. The molecule has 12 N–H and O–H groups in total. The van der Waals surface area contributed by atoms with Gasteiger partial charge < -0.3 is 94.4 Å². The molecule has 19 heteroatoms. The second-order valence-corrected chi connectivity index (χ2v) is 23.8. The number of aliphatic hydroxyl groups excluding tert-OH is 12. The summed E-state index contributed by atoms with van der Waals surface area (Å²) in [5, 5.41) is 129. The highest BCUT2D eigenvalue weighted by molar-refractivity contribution is 5.33. The maximum atomic E-state index is 12.5. The van der Waals surface area contributed by atoms with E-state index in [9.17, 15) is 61.3 Å². The van der Waals surface area contributed by atoms with E-state index in [-0.39, 0.29) is 35.2 Å². The van der Waals surface area contributed by atoms with Crippen molar-refractivity contribution in [1.82, 2.24) is 0 Å². The summed E-state index contributed by atoms with van der Waals surface area (Å²) in [6.07, 6.45) is -16.6. The number of ether oxygens (including phenoxy) is 7. The van der Waals surface area contributed by atoms with Crippen LogP contribution in [0.2, 0.25) is 0 Å². The van der Waals surface area contributed by atoms with Crippen molar-refractivity contribution >= 4 is 0 Å². The molecular formula is C47H78O19. The minimum absolute atomic E-state index is 0.00501. The predicted octanol–water partition coefficient (Wildman–Crippen LogP) is -1.45. The molecule has 0 bridgehead atoms. The maximum Gasteiger partial charge on any atom is 0.187 e. The zero-order valence-corrected chi connectivity index (χ0v) is 39.3. The van der Waals surface area contributed by atoms with E-state index in [0.717, 1.165) is 25.7 Å². The van der Waals surface area contributed by atoms with Gasteiger partial charge in [-0.2, -0.15) is 0 Å². The fourth-order valence-corrected chi connectivity index (χ4v) is 16.6. The Hall–Kier alpha value is -0.760. The molecule has 26 atom stereocenters. The molecule has 4 heterocycles. The molecule has 0 amide bonds. The Bertz CT molecular complexity index is 1770. The first-order chi connectivity index (χ1) is 30.8. The van der Waals surface area contributed by atoms with Crippen LogP contribution >= 0.6 is 0 Å². The van der Waals surface area contributed by atoms with Crippen LogP contribution in [-0.2, 0) is 33.2 Å². The van der Waals surface area contributed by atoms with Crippen molar-refractivity contribution in [3.05, 3.63) is 0 Å². The number of aliphatic hydroxyl groups is 12. The summed E-state index contributed by atoms with van der Waals surface area (Å²) in [7, 11) is 0. The van der Waals surface area contributed by atoms with Crippen molar-refractivity contribution in [2.45, 2.75) is 228 Å². The van der Waals surface area contributed by atoms with Gasteiger partial charge >= 0.3 is 0 Å². The van der Waals surface area contributed by atoms with Gasteiger partial charge in [0.15, 0.2) is 18.9 Å². The molecule has 4 aliphatic heterocycles. The van der Waals surface area contributed by atoms with Crippen LogP contribution in [0.25, 0.3) is 0 Å². The summed E-state index contributed by atoms with van der Waals surface area (Å²) < 4.78 is 44.4. The first-order valence-corrected chi connectivity index (χ1v) is 24.4. The quantitative estimate of drug-likeness (QED) is 0.118. The van der Waals surface area contributed by atoms with E-state index in [1.165, 1.54) is 0 Å². The molecule has 2 spiro atoms. The van der Waals surface area contributed by atoms with Gasteiger partial charge in [0, 0.05) is 5.92 Å². The maximum absolute atomic E-state index is 12.5. The van der Waals surface area contributed by atoms with Crippen LogP contribution in [0.1, 0.15) is 106 Å². The molecular weight excluding hydrogens is 868 g/mol. The largest absolute Gasteiger partial charge is 0.394 e. The Balaban J connectivity index is 1.01. The molecule has 9 fully saturated rings. The normalized spacial score (nSPS) is 58.7. The summed E-state index contributed by atoms with van der Waals surface area (Å²) in [6.45, 7) is 13.2. The molecule has 9 rings (SSSR count). The molecule has 0 aromatic rings. The van der Waals surface area contributed by atoms with Gasteiger partial charge in [-0.1, -0.05) is 27.7 Å². The van der Waals surface area contributed by atoms with Crippen molar-refractivity contribution in [2.75, 3.05) is 19.8 Å². The van der Waals surface area contributed by atoms with E-state index in [4.69, 9.17) is 33.2 Å². The fourth-order valence-electron chi connectivity index (χ4n) is 16.6. The average molecular weight is 947 g/mol. The van der Waals surface area contributed by atoms with Gasteiger partial charge in [0.25, 0.3) is 0 Å². The number of hydrogen-bond acceptors (Lipinski definition) is 19. The highest BCUT2D eigenvalue weighted by Gasteiger charge is 2.85. The molecule has 0 radical (unpaired) electrons. The van der Waals surface area contributed by atoms with Gasteiger partial charge in [-0.15, -0.1) is 0 Å². The predicted molar refractivity (Wildman–Crippen MR) is 226 cm³/mol. The zero-order valence-electron chi connectivity index (χ0n) is 39.3. The van der Waals surface area contributed by atoms with Gasteiger partial charge in [0.1, 0.15) is 67.1 Å². The highest BCUT2D eigenvalue weighted by atomic mass is 16.7. The van der Waals surface area contributed by atoms with Crippen molar-refractivity contribution in [1.29, 1.82) is 0 Å².